The van der Waals surface area contributed by atoms with E-state index in [1.165, 1.54) is 56.0 Å². The second-order valence-electron chi connectivity index (χ2n) is 6.97. The lowest BCUT2D eigenvalue weighted by Crippen LogP contribution is -2.15. The van der Waals surface area contributed by atoms with Crippen LogP contribution < -0.4 is 5.32 Å². The highest BCUT2D eigenvalue weighted by atomic mass is 16.1. The van der Waals surface area contributed by atoms with Crippen LogP contribution in [0.25, 0.3) is 0 Å². The predicted octanol–water partition coefficient (Wildman–Crippen LogP) is 5.32. The van der Waals surface area contributed by atoms with E-state index in [1.54, 1.807) is 0 Å². The van der Waals surface area contributed by atoms with Crippen molar-refractivity contribution in [2.24, 2.45) is 4.99 Å². The van der Waals surface area contributed by atoms with Gasteiger partial charge < -0.3 is 9.88 Å². The van der Waals surface area contributed by atoms with Gasteiger partial charge in [-0.25, -0.2) is 0 Å². The lowest BCUT2D eigenvalue weighted by molar-refractivity contribution is -0.114. The molecule has 1 fully saturated rings. The molecule has 0 saturated heterocycles. The second-order valence-corrected chi connectivity index (χ2v) is 6.97. The summed E-state index contributed by atoms with van der Waals surface area (Å²) in [4.78, 5) is 15.7. The third-order valence-electron chi connectivity index (χ3n) is 5.00. The summed E-state index contributed by atoms with van der Waals surface area (Å²) in [5, 5.41) is 2.77. The Balaban J connectivity index is 1.76. The number of aryl methyl sites for hydroxylation is 1. The van der Waals surface area contributed by atoms with E-state index in [1.807, 2.05) is 30.5 Å². The summed E-state index contributed by atoms with van der Waals surface area (Å²) >= 11 is 0. The van der Waals surface area contributed by atoms with E-state index >= 15 is 0 Å². The Morgan fingerprint density at radius 3 is 2.48 bits per heavy atom. The van der Waals surface area contributed by atoms with Crippen molar-refractivity contribution in [1.82, 2.24) is 4.57 Å². The van der Waals surface area contributed by atoms with Gasteiger partial charge in [-0.1, -0.05) is 19.3 Å². The van der Waals surface area contributed by atoms with Crippen molar-refractivity contribution >= 4 is 23.5 Å². The molecule has 0 radical (unpaired) electrons. The van der Waals surface area contributed by atoms with Crippen LogP contribution in [0.15, 0.2) is 35.3 Å². The normalized spacial score (nSPS) is 15.6. The zero-order valence-corrected chi connectivity index (χ0v) is 15.4. The van der Waals surface area contributed by atoms with Gasteiger partial charge in [0.15, 0.2) is 0 Å². The third kappa shape index (κ3) is 4.19. The number of carbonyl (C=O) groups excluding carboxylic acids is 1. The summed E-state index contributed by atoms with van der Waals surface area (Å²) in [6, 6.07) is 10.5. The molecular weight excluding hydrogens is 310 g/mol. The zero-order chi connectivity index (χ0) is 17.8. The average Bonchev–Trinajstić information content (AvgIpc) is 2.88. The van der Waals surface area contributed by atoms with Crippen molar-refractivity contribution < 1.29 is 4.79 Å². The van der Waals surface area contributed by atoms with Gasteiger partial charge in [-0.3, -0.25) is 9.79 Å². The minimum Gasteiger partial charge on any atom is -0.345 e. The molecule has 1 aromatic carbocycles. The van der Waals surface area contributed by atoms with Crippen LogP contribution >= 0.6 is 0 Å². The zero-order valence-electron chi connectivity index (χ0n) is 15.4. The largest absolute Gasteiger partial charge is 0.345 e. The lowest BCUT2D eigenvalue weighted by atomic mass is 9.95. The molecule has 1 saturated carbocycles. The number of aliphatic imine (C=N–C) groups is 1. The van der Waals surface area contributed by atoms with E-state index in [0.29, 0.717) is 6.04 Å². The maximum absolute atomic E-state index is 11.1. The van der Waals surface area contributed by atoms with Gasteiger partial charge in [0, 0.05) is 41.8 Å². The molecule has 0 bridgehead atoms. The molecule has 0 unspecified atom stereocenters. The second kappa shape index (κ2) is 7.68. The Morgan fingerprint density at radius 1 is 1.16 bits per heavy atom. The molecule has 1 N–H and O–H groups in total. The van der Waals surface area contributed by atoms with E-state index in [0.717, 1.165) is 11.4 Å². The predicted molar refractivity (Wildman–Crippen MR) is 104 cm³/mol. The SMILES string of the molecule is CC(=O)Nc1ccc(N=Cc2cc(C)n(C3CCCCC3)c2C)cc1. The molecule has 2 aromatic rings. The molecule has 3 rings (SSSR count). The van der Waals surface area contributed by atoms with Crippen molar-refractivity contribution in [1.29, 1.82) is 0 Å². The van der Waals surface area contributed by atoms with E-state index in [4.69, 9.17) is 0 Å². The molecule has 1 aromatic heterocycles. The number of carbonyl (C=O) groups is 1. The first kappa shape index (κ1) is 17.5. The number of benzene rings is 1. The van der Waals surface area contributed by atoms with Gasteiger partial charge in [0.2, 0.25) is 5.91 Å². The number of anilines is 1. The molecule has 132 valence electrons. The Labute approximate surface area is 150 Å². The Bertz CT molecular complexity index is 765. The van der Waals surface area contributed by atoms with Gasteiger partial charge in [-0.05, 0) is 57.0 Å². The molecule has 0 aliphatic heterocycles. The molecule has 1 aliphatic rings. The van der Waals surface area contributed by atoms with E-state index < -0.39 is 0 Å². The number of amides is 1. The first-order chi connectivity index (χ1) is 12.0. The lowest BCUT2D eigenvalue weighted by Gasteiger charge is -2.26. The molecular formula is C21H27N3O. The summed E-state index contributed by atoms with van der Waals surface area (Å²) in [5.74, 6) is -0.0635. The molecule has 25 heavy (non-hydrogen) atoms. The molecule has 0 spiro atoms. The third-order valence-corrected chi connectivity index (χ3v) is 5.00. The summed E-state index contributed by atoms with van der Waals surface area (Å²) in [6.07, 6.45) is 8.58. The standard InChI is InChI=1S/C21H27N3O/c1-15-13-18(16(2)24(15)21-7-5-4-6-8-21)14-22-19-9-11-20(12-10-19)23-17(3)25/h9-14,21H,4-8H2,1-3H3,(H,23,25). The number of rotatable bonds is 4. The summed E-state index contributed by atoms with van der Waals surface area (Å²) in [5.41, 5.74) is 5.50. The minimum atomic E-state index is -0.0635. The highest BCUT2D eigenvalue weighted by Gasteiger charge is 2.19. The highest BCUT2D eigenvalue weighted by molar-refractivity contribution is 5.89. The van der Waals surface area contributed by atoms with Crippen molar-refractivity contribution in [2.75, 3.05) is 5.32 Å². The van der Waals surface area contributed by atoms with Gasteiger partial charge >= 0.3 is 0 Å². The Kier molecular flexibility index (Phi) is 5.37. The molecule has 4 nitrogen and oxygen atoms in total. The smallest absolute Gasteiger partial charge is 0.221 e. The van der Waals surface area contributed by atoms with Gasteiger partial charge in [0.25, 0.3) is 0 Å². The first-order valence-corrected chi connectivity index (χ1v) is 9.15. The van der Waals surface area contributed by atoms with Crippen molar-refractivity contribution in [3.63, 3.8) is 0 Å². The van der Waals surface area contributed by atoms with E-state index in [9.17, 15) is 4.79 Å². The summed E-state index contributed by atoms with van der Waals surface area (Å²) in [7, 11) is 0. The number of nitrogens with zero attached hydrogens (tertiary/aromatic N) is 2. The van der Waals surface area contributed by atoms with E-state index in [-0.39, 0.29) is 5.91 Å². The first-order valence-electron chi connectivity index (χ1n) is 9.15. The molecule has 4 heteroatoms. The monoisotopic (exact) mass is 337 g/mol. The van der Waals surface area contributed by atoms with Crippen LogP contribution in [0.1, 0.15) is 62.0 Å². The van der Waals surface area contributed by atoms with Crippen molar-refractivity contribution in [2.45, 2.75) is 58.9 Å². The summed E-state index contributed by atoms with van der Waals surface area (Å²) < 4.78 is 2.50. The van der Waals surface area contributed by atoms with Crippen LogP contribution in [-0.2, 0) is 4.79 Å². The van der Waals surface area contributed by atoms with Gasteiger partial charge in [-0.15, -0.1) is 0 Å². The number of hydrogen-bond donors (Lipinski definition) is 1. The Morgan fingerprint density at radius 2 is 1.84 bits per heavy atom. The minimum absolute atomic E-state index is 0.0635. The fourth-order valence-corrected chi connectivity index (χ4v) is 3.81. The fourth-order valence-electron chi connectivity index (χ4n) is 3.81. The van der Waals surface area contributed by atoms with Crippen LogP contribution in [0.4, 0.5) is 11.4 Å². The topological polar surface area (TPSA) is 46.4 Å². The molecule has 0 atom stereocenters. The van der Waals surface area contributed by atoms with Crippen molar-refractivity contribution in [3.8, 4) is 0 Å². The fraction of sp³-hybridized carbons (Fsp3) is 0.429. The number of nitrogens with one attached hydrogen (secondary N) is 1. The van der Waals surface area contributed by atoms with Crippen LogP contribution in [-0.4, -0.2) is 16.7 Å². The summed E-state index contributed by atoms with van der Waals surface area (Å²) in [6.45, 7) is 5.90. The van der Waals surface area contributed by atoms with Gasteiger partial charge in [0.05, 0.1) is 5.69 Å². The Hall–Kier alpha value is -2.36. The maximum atomic E-state index is 11.1. The van der Waals surface area contributed by atoms with Crippen LogP contribution in [0.2, 0.25) is 0 Å². The van der Waals surface area contributed by atoms with E-state index in [2.05, 4.69) is 34.8 Å². The van der Waals surface area contributed by atoms with Crippen LogP contribution in [0, 0.1) is 13.8 Å². The average molecular weight is 337 g/mol. The molecule has 1 amide bonds. The van der Waals surface area contributed by atoms with Crippen molar-refractivity contribution in [3.05, 3.63) is 47.3 Å². The van der Waals surface area contributed by atoms with Gasteiger partial charge in [-0.2, -0.15) is 0 Å². The van der Waals surface area contributed by atoms with Crippen LogP contribution in [0.3, 0.4) is 0 Å². The molecule has 1 aliphatic carbocycles. The van der Waals surface area contributed by atoms with Crippen LogP contribution in [0.5, 0.6) is 0 Å². The molecule has 1 heterocycles. The maximum Gasteiger partial charge on any atom is 0.221 e. The number of aromatic nitrogens is 1. The number of hydrogen-bond acceptors (Lipinski definition) is 2. The highest BCUT2D eigenvalue weighted by Crippen LogP contribution is 2.32. The quantitative estimate of drug-likeness (QED) is 0.754. The van der Waals surface area contributed by atoms with Gasteiger partial charge in [0.1, 0.15) is 0 Å².